The van der Waals surface area contributed by atoms with Crippen molar-refractivity contribution in [3.8, 4) is 5.75 Å². The summed E-state index contributed by atoms with van der Waals surface area (Å²) in [5.74, 6) is -13.8. The van der Waals surface area contributed by atoms with Crippen molar-refractivity contribution in [2.24, 2.45) is 17.2 Å². The fourth-order valence-corrected chi connectivity index (χ4v) is 6.46. The van der Waals surface area contributed by atoms with Crippen molar-refractivity contribution in [2.45, 2.75) is 146 Å². The molecule has 0 bridgehead atoms. The van der Waals surface area contributed by atoms with Gasteiger partial charge in [-0.3, -0.25) is 62.9 Å². The van der Waals surface area contributed by atoms with Gasteiger partial charge in [-0.15, -0.1) is 0 Å². The summed E-state index contributed by atoms with van der Waals surface area (Å²) in [6, 6.07) is -8.43. The van der Waals surface area contributed by atoms with Crippen LogP contribution in [0, 0.1) is 5.41 Å². The van der Waals surface area contributed by atoms with Crippen molar-refractivity contribution in [3.05, 3.63) is 29.8 Å². The number of aliphatic carboxylic acids is 2. The van der Waals surface area contributed by atoms with E-state index in [1.807, 2.05) is 0 Å². The van der Waals surface area contributed by atoms with Gasteiger partial charge in [-0.2, -0.15) is 0 Å². The Labute approximate surface area is 429 Å². The van der Waals surface area contributed by atoms with Gasteiger partial charge in [0.25, 0.3) is 0 Å². The van der Waals surface area contributed by atoms with Crippen LogP contribution in [-0.4, -0.2) is 182 Å². The molecule has 1 aromatic rings. The first-order valence-electron chi connectivity index (χ1n) is 23.3. The molecule has 0 fully saturated rings. The first-order chi connectivity index (χ1) is 34.9. The fourth-order valence-electron chi connectivity index (χ4n) is 6.46. The molecule has 75 heavy (non-hydrogen) atoms. The second-order valence-electron chi connectivity index (χ2n) is 17.3. The van der Waals surface area contributed by atoms with Crippen molar-refractivity contribution in [1.29, 1.82) is 5.41 Å². The van der Waals surface area contributed by atoms with Crippen LogP contribution in [0.3, 0.4) is 0 Å². The Balaban J connectivity index is 3.31. The van der Waals surface area contributed by atoms with E-state index in [9.17, 15) is 83.1 Å². The van der Waals surface area contributed by atoms with Crippen molar-refractivity contribution in [1.82, 2.24) is 53.2 Å². The van der Waals surface area contributed by atoms with Gasteiger partial charge in [0, 0.05) is 25.8 Å². The molecular weight excluding hydrogens is 997 g/mol. The maximum Gasteiger partial charge on any atom is 0.303 e. The van der Waals surface area contributed by atoms with Crippen LogP contribution >= 0.6 is 0 Å². The largest absolute Gasteiger partial charge is 0.508 e. The average Bonchev–Trinajstić information content (AvgIpc) is 3.31. The normalized spacial score (nSPS) is 15.3. The maximum atomic E-state index is 13.8. The third kappa shape index (κ3) is 24.9. The molecule has 0 saturated heterocycles. The van der Waals surface area contributed by atoms with Gasteiger partial charge in [-0.25, -0.2) is 0 Å². The molecule has 418 valence electrons. The number of benzene rings is 1. The number of primary amides is 1. The van der Waals surface area contributed by atoms with Crippen LogP contribution in [0.4, 0.5) is 0 Å². The molecule has 0 radical (unpaired) electrons. The number of hydrogen-bond donors (Lipinski definition) is 19. The second-order valence-corrected chi connectivity index (χ2v) is 17.3. The summed E-state index contributed by atoms with van der Waals surface area (Å²) in [6.45, 7) is 5.36. The van der Waals surface area contributed by atoms with Gasteiger partial charge in [0.2, 0.25) is 59.1 Å². The van der Waals surface area contributed by atoms with Gasteiger partial charge in [-0.1, -0.05) is 12.1 Å². The third-order valence-corrected chi connectivity index (χ3v) is 10.7. The molecule has 0 saturated carbocycles. The molecule has 11 atom stereocenters. The Hall–Kier alpha value is -8.19. The Morgan fingerprint density at radius 2 is 0.947 bits per heavy atom. The first kappa shape index (κ1) is 64.8. The number of phenolic OH excluding ortho intramolecular Hbond substituents is 1. The lowest BCUT2D eigenvalue weighted by molar-refractivity contribution is -0.140. The third-order valence-electron chi connectivity index (χ3n) is 10.7. The number of guanidine groups is 1. The number of rotatable bonds is 33. The van der Waals surface area contributed by atoms with E-state index in [-0.39, 0.29) is 31.6 Å². The van der Waals surface area contributed by atoms with Gasteiger partial charge in [0.05, 0.1) is 24.8 Å². The van der Waals surface area contributed by atoms with Crippen molar-refractivity contribution < 1.29 is 83.1 Å². The number of carboxylic acid groups (broad SMARTS) is 2. The van der Waals surface area contributed by atoms with Gasteiger partial charge in [0.1, 0.15) is 54.1 Å². The monoisotopic (exact) mass is 1070 g/mol. The Morgan fingerprint density at radius 1 is 0.533 bits per heavy atom. The van der Waals surface area contributed by atoms with E-state index >= 15 is 0 Å². The minimum absolute atomic E-state index is 0.0258. The van der Waals surface area contributed by atoms with Crippen LogP contribution in [0.5, 0.6) is 5.75 Å². The fraction of sp³-hybridized carbons (Fsp3) is 0.568. The number of carbonyl (C=O) groups is 12. The van der Waals surface area contributed by atoms with Gasteiger partial charge >= 0.3 is 11.9 Å². The van der Waals surface area contributed by atoms with Gasteiger partial charge in [-0.05, 0) is 78.0 Å². The quantitative estimate of drug-likeness (QED) is 0.0177. The molecule has 22 N–H and O–H groups in total. The van der Waals surface area contributed by atoms with E-state index in [4.69, 9.17) is 22.6 Å². The summed E-state index contributed by atoms with van der Waals surface area (Å²) in [7, 11) is 0. The van der Waals surface area contributed by atoms with Crippen molar-refractivity contribution in [3.63, 3.8) is 0 Å². The number of hydrogen-bond acceptors (Lipinski definition) is 17. The summed E-state index contributed by atoms with van der Waals surface area (Å²) in [5, 5.41) is 79.8. The molecule has 0 aliphatic rings. The molecule has 0 unspecified atom stereocenters. The topological polar surface area (TPSA) is 528 Å². The number of aromatic hydroxyl groups is 1. The lowest BCUT2D eigenvalue weighted by Gasteiger charge is -2.28. The Kier molecular flexibility index (Phi) is 27.7. The smallest absolute Gasteiger partial charge is 0.303 e. The highest BCUT2D eigenvalue weighted by molar-refractivity contribution is 5.98. The summed E-state index contributed by atoms with van der Waals surface area (Å²) in [4.78, 5) is 154. The van der Waals surface area contributed by atoms with Crippen LogP contribution in [0.15, 0.2) is 24.3 Å². The SMILES string of the molecule is C[C@H](N)C(=O)NCC(=O)N[C@@H](C)C(=O)N[C@H](C(=O)N[C@@H](C)C(=O)N[C@@H](CCC(=O)O)C(=O)N[C@@H](CCC(=O)O)C(=O)N[C@H](C(=O)N[C@@H](CCCNC(=N)N)C(=O)N[C@@H](Cc1ccc(O)cc1)C(N)=O)[C@@H](C)O)[C@@H](C)O. The number of nitrogens with one attached hydrogen (secondary N) is 11. The number of nitrogens with two attached hydrogens (primary N) is 3. The number of phenols is 1. The van der Waals surface area contributed by atoms with E-state index in [1.54, 1.807) is 0 Å². The highest BCUT2D eigenvalue weighted by Crippen LogP contribution is 2.12. The molecule has 0 heterocycles. The zero-order valence-electron chi connectivity index (χ0n) is 41.9. The lowest BCUT2D eigenvalue weighted by Crippen LogP contribution is -2.62. The predicted octanol–water partition coefficient (Wildman–Crippen LogP) is -7.44. The second kappa shape index (κ2) is 32.1. The summed E-state index contributed by atoms with van der Waals surface area (Å²) in [5.41, 5.74) is 16.8. The minimum atomic E-state index is -1.93. The number of carbonyl (C=O) groups excluding carboxylic acids is 10. The molecule has 31 heteroatoms. The zero-order valence-corrected chi connectivity index (χ0v) is 41.9. The number of amides is 10. The van der Waals surface area contributed by atoms with Crippen LogP contribution in [0.2, 0.25) is 0 Å². The molecule has 10 amide bonds. The molecule has 0 aliphatic heterocycles. The standard InChI is InChI=1S/C44H70N14O17/c1-19(45)36(68)50-18-30(62)51-20(2)38(70)57-33(22(4)59)42(74)52-21(3)37(69)53-27(12-14-31(63)64)40(72)54-28(13-15-32(65)66)41(73)58-34(23(5)60)43(75)55-26(7-6-16-49-44(47)48)39(71)56-29(35(46)67)17-24-8-10-25(61)11-9-24/h8-11,19-23,26-29,33-34,59-61H,6-7,12-18,45H2,1-5H3,(H2,46,67)(H,50,68)(H,51,62)(H,52,74)(H,53,69)(H,54,72)(H,55,75)(H,56,71)(H,57,70)(H,58,73)(H,63,64)(H,65,66)(H4,47,48,49)/t19-,20-,21-,22+,23+,26-,27-,28-,29-,33-,34-/m0/s1. The molecule has 0 spiro atoms. The van der Waals surface area contributed by atoms with E-state index in [0.717, 1.165) is 20.8 Å². The van der Waals surface area contributed by atoms with E-state index in [2.05, 4.69) is 53.2 Å². The van der Waals surface area contributed by atoms with E-state index < -0.39 is 176 Å². The number of carboxylic acids is 2. The number of aliphatic hydroxyl groups excluding tert-OH is 2. The van der Waals surface area contributed by atoms with Crippen LogP contribution in [0.1, 0.15) is 78.7 Å². The molecule has 31 nitrogen and oxygen atoms in total. The molecular formula is C44H70N14O17. The van der Waals surface area contributed by atoms with E-state index in [1.165, 1.54) is 38.1 Å². The number of aliphatic hydroxyl groups is 2. The molecule has 0 aromatic heterocycles. The highest BCUT2D eigenvalue weighted by Gasteiger charge is 2.36. The minimum Gasteiger partial charge on any atom is -0.508 e. The Bertz CT molecular complexity index is 2210. The first-order valence-corrected chi connectivity index (χ1v) is 23.3. The van der Waals surface area contributed by atoms with E-state index in [0.29, 0.717) is 5.56 Å². The molecule has 0 aliphatic carbocycles. The summed E-state index contributed by atoms with van der Waals surface area (Å²) < 4.78 is 0. The maximum absolute atomic E-state index is 13.8. The summed E-state index contributed by atoms with van der Waals surface area (Å²) >= 11 is 0. The highest BCUT2D eigenvalue weighted by atomic mass is 16.4. The van der Waals surface area contributed by atoms with Gasteiger partial charge in [0.15, 0.2) is 5.96 Å². The van der Waals surface area contributed by atoms with Crippen molar-refractivity contribution in [2.75, 3.05) is 13.1 Å². The molecule has 1 aromatic carbocycles. The van der Waals surface area contributed by atoms with Gasteiger partial charge < -0.3 is 95.9 Å². The lowest BCUT2D eigenvalue weighted by atomic mass is 10.0. The van der Waals surface area contributed by atoms with Crippen molar-refractivity contribution >= 4 is 77.0 Å². The Morgan fingerprint density at radius 3 is 1.41 bits per heavy atom. The zero-order chi connectivity index (χ0) is 57.3. The molecule has 1 rings (SSSR count). The predicted molar refractivity (Wildman–Crippen MR) is 261 cm³/mol. The van der Waals surface area contributed by atoms with Crippen LogP contribution < -0.4 is 70.4 Å². The average molecular weight is 1070 g/mol. The summed E-state index contributed by atoms with van der Waals surface area (Å²) in [6.07, 6.45) is -6.52. The van der Waals surface area contributed by atoms with Crippen LogP contribution in [0.25, 0.3) is 0 Å². The van der Waals surface area contributed by atoms with Crippen LogP contribution in [-0.2, 0) is 64.0 Å².